The third kappa shape index (κ3) is 2.42. The molecule has 0 saturated heterocycles. The third-order valence-corrected chi connectivity index (χ3v) is 2.62. The van der Waals surface area contributed by atoms with Crippen molar-refractivity contribution in [2.24, 2.45) is 7.05 Å². The zero-order valence-corrected chi connectivity index (χ0v) is 10.0. The molecule has 0 spiro atoms. The van der Waals surface area contributed by atoms with E-state index >= 15 is 0 Å². The van der Waals surface area contributed by atoms with Crippen LogP contribution in [0.2, 0.25) is 0 Å². The molecule has 0 saturated carbocycles. The van der Waals surface area contributed by atoms with Gasteiger partial charge in [0.05, 0.1) is 5.69 Å². The van der Waals surface area contributed by atoms with Gasteiger partial charge in [0.2, 0.25) is 0 Å². The lowest BCUT2D eigenvalue weighted by Gasteiger charge is -2.08. The summed E-state index contributed by atoms with van der Waals surface area (Å²) >= 11 is 0. The SMILES string of the molecule is Cc1ccc(-c2cc(N)n(C)n2)cc1OC(F)F. The summed E-state index contributed by atoms with van der Waals surface area (Å²) in [5.74, 6) is 0.647. The van der Waals surface area contributed by atoms with Crippen molar-refractivity contribution in [3.8, 4) is 17.0 Å². The summed E-state index contributed by atoms with van der Waals surface area (Å²) in [4.78, 5) is 0. The van der Waals surface area contributed by atoms with Crippen LogP contribution in [-0.4, -0.2) is 16.4 Å². The van der Waals surface area contributed by atoms with Crippen LogP contribution in [0.4, 0.5) is 14.6 Å². The number of aryl methyl sites for hydroxylation is 2. The van der Waals surface area contributed by atoms with Gasteiger partial charge < -0.3 is 10.5 Å². The quantitative estimate of drug-likeness (QED) is 0.914. The first kappa shape index (κ1) is 12.3. The maximum Gasteiger partial charge on any atom is 0.387 e. The van der Waals surface area contributed by atoms with E-state index in [4.69, 9.17) is 5.73 Å². The molecule has 96 valence electrons. The van der Waals surface area contributed by atoms with Crippen molar-refractivity contribution in [2.45, 2.75) is 13.5 Å². The summed E-state index contributed by atoms with van der Waals surface area (Å²) in [7, 11) is 1.71. The van der Waals surface area contributed by atoms with E-state index in [1.54, 1.807) is 32.2 Å². The average molecular weight is 253 g/mol. The van der Waals surface area contributed by atoms with Crippen LogP contribution < -0.4 is 10.5 Å². The van der Waals surface area contributed by atoms with Gasteiger partial charge in [-0.2, -0.15) is 13.9 Å². The monoisotopic (exact) mass is 253 g/mol. The second kappa shape index (κ2) is 4.64. The normalized spacial score (nSPS) is 10.9. The van der Waals surface area contributed by atoms with Gasteiger partial charge in [-0.05, 0) is 18.6 Å². The molecular weight excluding hydrogens is 240 g/mol. The Kier molecular flexibility index (Phi) is 3.18. The Morgan fingerprint density at radius 1 is 1.33 bits per heavy atom. The highest BCUT2D eigenvalue weighted by Crippen LogP contribution is 2.28. The van der Waals surface area contributed by atoms with Gasteiger partial charge in [-0.25, -0.2) is 0 Å². The Labute approximate surface area is 103 Å². The predicted molar refractivity (Wildman–Crippen MR) is 64.4 cm³/mol. The minimum Gasteiger partial charge on any atom is -0.435 e. The molecule has 1 aromatic heterocycles. The van der Waals surface area contributed by atoms with Crippen LogP contribution >= 0.6 is 0 Å². The average Bonchev–Trinajstić information content (AvgIpc) is 2.62. The van der Waals surface area contributed by atoms with Gasteiger partial charge in [-0.15, -0.1) is 0 Å². The van der Waals surface area contributed by atoms with Crippen molar-refractivity contribution < 1.29 is 13.5 Å². The molecule has 2 rings (SSSR count). The molecule has 4 nitrogen and oxygen atoms in total. The fraction of sp³-hybridized carbons (Fsp3) is 0.250. The van der Waals surface area contributed by atoms with Gasteiger partial charge >= 0.3 is 6.61 Å². The highest BCUT2D eigenvalue weighted by molar-refractivity contribution is 5.65. The lowest BCUT2D eigenvalue weighted by atomic mass is 10.1. The summed E-state index contributed by atoms with van der Waals surface area (Å²) in [5, 5.41) is 4.18. The number of nitrogens with zero attached hydrogens (tertiary/aromatic N) is 2. The number of hydrogen-bond donors (Lipinski definition) is 1. The van der Waals surface area contributed by atoms with Crippen molar-refractivity contribution in [1.82, 2.24) is 9.78 Å². The van der Waals surface area contributed by atoms with E-state index in [2.05, 4.69) is 9.84 Å². The Morgan fingerprint density at radius 2 is 2.06 bits per heavy atom. The highest BCUT2D eigenvalue weighted by atomic mass is 19.3. The minimum atomic E-state index is -2.84. The number of ether oxygens (including phenoxy) is 1. The molecule has 6 heteroatoms. The standard InChI is InChI=1S/C12H13F2N3O/c1-7-3-4-8(5-10(7)18-12(13)14)9-6-11(15)17(2)16-9/h3-6,12H,15H2,1-2H3. The Hall–Kier alpha value is -2.11. The zero-order chi connectivity index (χ0) is 13.3. The lowest BCUT2D eigenvalue weighted by Crippen LogP contribution is -2.03. The van der Waals surface area contributed by atoms with Crippen LogP contribution in [0.15, 0.2) is 24.3 Å². The molecule has 0 unspecified atom stereocenters. The smallest absolute Gasteiger partial charge is 0.387 e. The first-order valence-corrected chi connectivity index (χ1v) is 5.32. The van der Waals surface area contributed by atoms with E-state index in [0.29, 0.717) is 22.6 Å². The van der Waals surface area contributed by atoms with Crippen molar-refractivity contribution in [2.75, 3.05) is 5.73 Å². The first-order chi connectivity index (χ1) is 8.47. The van der Waals surface area contributed by atoms with Gasteiger partial charge in [-0.3, -0.25) is 4.68 Å². The van der Waals surface area contributed by atoms with Crippen molar-refractivity contribution in [3.63, 3.8) is 0 Å². The van der Waals surface area contributed by atoms with Gasteiger partial charge in [-0.1, -0.05) is 12.1 Å². The van der Waals surface area contributed by atoms with Gasteiger partial charge in [0.25, 0.3) is 0 Å². The number of anilines is 1. The summed E-state index contributed by atoms with van der Waals surface area (Å²) < 4.78 is 30.4. The molecular formula is C12H13F2N3O. The Morgan fingerprint density at radius 3 is 2.61 bits per heavy atom. The van der Waals surface area contributed by atoms with E-state index in [9.17, 15) is 8.78 Å². The zero-order valence-electron chi connectivity index (χ0n) is 10.0. The van der Waals surface area contributed by atoms with Gasteiger partial charge in [0.15, 0.2) is 0 Å². The van der Waals surface area contributed by atoms with E-state index in [1.165, 1.54) is 10.7 Å². The summed E-state index contributed by atoms with van der Waals surface area (Å²) in [6, 6.07) is 6.70. The lowest BCUT2D eigenvalue weighted by molar-refractivity contribution is -0.0502. The molecule has 0 aliphatic carbocycles. The highest BCUT2D eigenvalue weighted by Gasteiger charge is 2.11. The van der Waals surface area contributed by atoms with Crippen molar-refractivity contribution >= 4 is 5.82 Å². The third-order valence-electron chi connectivity index (χ3n) is 2.62. The predicted octanol–water partition coefficient (Wildman–Crippen LogP) is 2.58. The van der Waals surface area contributed by atoms with Crippen LogP contribution in [0.25, 0.3) is 11.3 Å². The number of nitrogens with two attached hydrogens (primary N) is 1. The molecule has 1 aromatic carbocycles. The fourth-order valence-corrected chi connectivity index (χ4v) is 1.61. The number of nitrogen functional groups attached to an aromatic ring is 1. The van der Waals surface area contributed by atoms with Gasteiger partial charge in [0.1, 0.15) is 11.6 Å². The first-order valence-electron chi connectivity index (χ1n) is 5.32. The number of aromatic nitrogens is 2. The maximum absolute atomic E-state index is 12.2. The minimum absolute atomic E-state index is 0.145. The molecule has 0 atom stereocenters. The van der Waals surface area contributed by atoms with Crippen LogP contribution in [0.3, 0.4) is 0 Å². The number of benzene rings is 1. The molecule has 2 N–H and O–H groups in total. The summed E-state index contributed by atoms with van der Waals surface area (Å²) in [6.45, 7) is -1.14. The molecule has 18 heavy (non-hydrogen) atoms. The van der Waals surface area contributed by atoms with Crippen molar-refractivity contribution in [1.29, 1.82) is 0 Å². The fourth-order valence-electron chi connectivity index (χ4n) is 1.61. The van der Waals surface area contributed by atoms with E-state index in [0.717, 1.165) is 0 Å². The molecule has 0 bridgehead atoms. The molecule has 0 aliphatic rings. The Balaban J connectivity index is 2.40. The second-order valence-corrected chi connectivity index (χ2v) is 3.94. The number of alkyl halides is 2. The molecule has 0 fully saturated rings. The van der Waals surface area contributed by atoms with Crippen LogP contribution in [-0.2, 0) is 7.05 Å². The maximum atomic E-state index is 12.2. The molecule has 2 aromatic rings. The molecule has 1 heterocycles. The van der Waals surface area contributed by atoms with Crippen LogP contribution in [0.1, 0.15) is 5.56 Å². The van der Waals surface area contributed by atoms with Crippen LogP contribution in [0.5, 0.6) is 5.75 Å². The largest absolute Gasteiger partial charge is 0.435 e. The number of rotatable bonds is 3. The topological polar surface area (TPSA) is 53.1 Å². The second-order valence-electron chi connectivity index (χ2n) is 3.94. The summed E-state index contributed by atoms with van der Waals surface area (Å²) in [5.41, 5.74) is 7.62. The van der Waals surface area contributed by atoms with E-state index in [-0.39, 0.29) is 5.75 Å². The molecule has 0 radical (unpaired) electrons. The van der Waals surface area contributed by atoms with E-state index in [1.807, 2.05) is 0 Å². The van der Waals surface area contributed by atoms with E-state index < -0.39 is 6.61 Å². The number of halogens is 2. The number of hydrogen-bond acceptors (Lipinski definition) is 3. The molecule has 0 amide bonds. The summed E-state index contributed by atoms with van der Waals surface area (Å²) in [6.07, 6.45) is 0. The van der Waals surface area contributed by atoms with Gasteiger partial charge in [0, 0.05) is 18.7 Å². The van der Waals surface area contributed by atoms with Crippen LogP contribution in [0, 0.1) is 6.92 Å². The molecule has 0 aliphatic heterocycles. The van der Waals surface area contributed by atoms with Crippen molar-refractivity contribution in [3.05, 3.63) is 29.8 Å². The Bertz CT molecular complexity index is 547.